The van der Waals surface area contributed by atoms with E-state index in [1.54, 1.807) is 4.90 Å². The summed E-state index contributed by atoms with van der Waals surface area (Å²) in [5.74, 6) is -0.119. The molecule has 8 heteroatoms. The number of likely N-dealkylation sites (tertiary alicyclic amines) is 1. The Morgan fingerprint density at radius 1 is 1.31 bits per heavy atom. The summed E-state index contributed by atoms with van der Waals surface area (Å²) in [5, 5.41) is 2.76. The van der Waals surface area contributed by atoms with Crippen LogP contribution in [0.5, 0.6) is 0 Å². The van der Waals surface area contributed by atoms with E-state index in [2.05, 4.69) is 5.32 Å². The van der Waals surface area contributed by atoms with Crippen molar-refractivity contribution >= 4 is 34.9 Å². The van der Waals surface area contributed by atoms with Crippen molar-refractivity contribution < 1.29 is 19.1 Å². The first-order valence-corrected chi connectivity index (χ1v) is 10.1. The molecule has 1 fully saturated rings. The molecule has 0 spiro atoms. The highest BCUT2D eigenvalue weighted by Gasteiger charge is 2.40. The molecule has 1 aliphatic rings. The fraction of sp³-hybridized carbons (Fsp3) is 0.571. The molecular formula is C21H31N3O4S. The predicted molar refractivity (Wildman–Crippen MR) is 117 cm³/mol. The number of carbonyl (C=O) groups is 2. The fourth-order valence-electron chi connectivity index (χ4n) is 3.13. The largest absolute Gasteiger partial charge is 0.444 e. The third-order valence-corrected chi connectivity index (χ3v) is 4.99. The van der Waals surface area contributed by atoms with Crippen molar-refractivity contribution in [1.29, 1.82) is 0 Å². The maximum Gasteiger partial charge on any atom is 0.410 e. The number of rotatable bonds is 5. The normalized spacial score (nSPS) is 19.0. The summed E-state index contributed by atoms with van der Waals surface area (Å²) in [6.07, 6.45) is 0.0713. The van der Waals surface area contributed by atoms with Gasteiger partial charge in [-0.2, -0.15) is 0 Å². The minimum atomic E-state index is -0.579. The van der Waals surface area contributed by atoms with Crippen molar-refractivity contribution in [1.82, 2.24) is 9.80 Å². The maximum absolute atomic E-state index is 12.7. The molecule has 0 aromatic heterocycles. The Balaban J connectivity index is 2.05. The van der Waals surface area contributed by atoms with Gasteiger partial charge >= 0.3 is 6.09 Å². The third kappa shape index (κ3) is 6.97. The van der Waals surface area contributed by atoms with Crippen LogP contribution in [0.3, 0.4) is 0 Å². The van der Waals surface area contributed by atoms with Gasteiger partial charge in [-0.25, -0.2) is 4.79 Å². The summed E-state index contributed by atoms with van der Waals surface area (Å²) in [5.41, 5.74) is 1.09. The third-order valence-electron chi connectivity index (χ3n) is 4.35. The lowest BCUT2D eigenvalue weighted by Crippen LogP contribution is -2.46. The average Bonchev–Trinajstić information content (AvgIpc) is 3.02. The molecule has 1 heterocycles. The van der Waals surface area contributed by atoms with Crippen molar-refractivity contribution in [3.05, 3.63) is 29.8 Å². The molecular weight excluding hydrogens is 390 g/mol. The van der Waals surface area contributed by atoms with Gasteiger partial charge in [0.15, 0.2) is 0 Å². The Bertz CT molecular complexity index is 761. The Morgan fingerprint density at radius 2 is 2.00 bits per heavy atom. The van der Waals surface area contributed by atoms with Gasteiger partial charge in [0.05, 0.1) is 25.3 Å². The van der Waals surface area contributed by atoms with E-state index >= 15 is 0 Å². The zero-order valence-corrected chi connectivity index (χ0v) is 18.8. The quantitative estimate of drug-likeness (QED) is 0.735. The lowest BCUT2D eigenvalue weighted by molar-refractivity contribution is -0.114. The molecule has 2 rings (SSSR count). The van der Waals surface area contributed by atoms with Gasteiger partial charge in [-0.1, -0.05) is 24.4 Å². The maximum atomic E-state index is 12.7. The highest BCUT2D eigenvalue weighted by molar-refractivity contribution is 7.80. The highest BCUT2D eigenvalue weighted by Crippen LogP contribution is 2.26. The van der Waals surface area contributed by atoms with Gasteiger partial charge in [0.1, 0.15) is 10.6 Å². The van der Waals surface area contributed by atoms with E-state index in [0.717, 1.165) is 11.3 Å². The summed E-state index contributed by atoms with van der Waals surface area (Å²) < 4.78 is 11.6. The number of thiocarbonyl (C=S) groups is 1. The van der Waals surface area contributed by atoms with Gasteiger partial charge in [0, 0.05) is 33.1 Å². The number of anilines is 1. The Morgan fingerprint density at radius 3 is 2.59 bits per heavy atom. The SMILES string of the molecule is CC(=O)Nc1cccc(CO[C@@H]2C[C@@H](C(=S)N(C)C)N(C(=O)OC(C)(C)C)C2)c1. The molecule has 1 saturated heterocycles. The van der Waals surface area contributed by atoms with Gasteiger partial charge in [-0.15, -0.1) is 0 Å². The summed E-state index contributed by atoms with van der Waals surface area (Å²) in [6.45, 7) is 7.80. The van der Waals surface area contributed by atoms with Crippen molar-refractivity contribution in [3.63, 3.8) is 0 Å². The van der Waals surface area contributed by atoms with Crippen LogP contribution in [0.25, 0.3) is 0 Å². The molecule has 2 atom stereocenters. The second-order valence-electron chi connectivity index (χ2n) is 8.43. The number of nitrogens with zero attached hydrogens (tertiary/aromatic N) is 2. The zero-order valence-electron chi connectivity index (χ0n) is 18.0. The molecule has 0 unspecified atom stereocenters. The molecule has 0 saturated carbocycles. The van der Waals surface area contributed by atoms with Crippen LogP contribution >= 0.6 is 12.2 Å². The van der Waals surface area contributed by atoms with Crippen molar-refractivity contribution in [3.8, 4) is 0 Å². The van der Waals surface area contributed by atoms with E-state index in [-0.39, 0.29) is 24.1 Å². The zero-order chi connectivity index (χ0) is 21.8. The number of nitrogens with one attached hydrogen (secondary N) is 1. The summed E-state index contributed by atoms with van der Waals surface area (Å²) >= 11 is 5.54. The average molecular weight is 422 g/mol. The van der Waals surface area contributed by atoms with E-state index in [0.29, 0.717) is 24.6 Å². The molecule has 1 aromatic rings. The van der Waals surface area contributed by atoms with Crippen LogP contribution in [0.1, 0.15) is 39.7 Å². The Kier molecular flexibility index (Phi) is 7.60. The molecule has 1 aromatic carbocycles. The number of benzene rings is 1. The van der Waals surface area contributed by atoms with Crippen LogP contribution < -0.4 is 5.32 Å². The molecule has 1 N–H and O–H groups in total. The standard InChI is InChI=1S/C21H31N3O4S/c1-14(25)22-16-9-7-8-15(10-16)13-27-17-11-18(19(29)23(5)6)24(12-17)20(26)28-21(2,3)4/h7-10,17-18H,11-13H2,1-6H3,(H,22,25)/t17-,18+/m1/s1. The van der Waals surface area contributed by atoms with Gasteiger partial charge in [0.25, 0.3) is 0 Å². The smallest absolute Gasteiger partial charge is 0.410 e. The molecule has 2 amide bonds. The monoisotopic (exact) mass is 421 g/mol. The Hall–Kier alpha value is -2.19. The Labute approximate surface area is 178 Å². The van der Waals surface area contributed by atoms with Gasteiger partial charge in [-0.05, 0) is 38.5 Å². The number of ether oxygens (including phenoxy) is 2. The number of hydrogen-bond donors (Lipinski definition) is 1. The fourth-order valence-corrected chi connectivity index (χ4v) is 3.35. The molecule has 0 radical (unpaired) electrons. The summed E-state index contributed by atoms with van der Waals surface area (Å²) in [7, 11) is 3.74. The number of likely N-dealkylation sites (N-methyl/N-ethyl adjacent to an activating group) is 1. The lowest BCUT2D eigenvalue weighted by atomic mass is 10.1. The van der Waals surface area contributed by atoms with Crippen LogP contribution in [0, 0.1) is 0 Å². The minimum Gasteiger partial charge on any atom is -0.444 e. The number of amides is 2. The highest BCUT2D eigenvalue weighted by atomic mass is 32.1. The second-order valence-corrected chi connectivity index (χ2v) is 8.85. The predicted octanol–water partition coefficient (Wildman–Crippen LogP) is 3.43. The van der Waals surface area contributed by atoms with Crippen LogP contribution in [-0.2, 0) is 20.9 Å². The topological polar surface area (TPSA) is 71.1 Å². The van der Waals surface area contributed by atoms with Crippen molar-refractivity contribution in [2.75, 3.05) is 26.0 Å². The van der Waals surface area contributed by atoms with E-state index in [9.17, 15) is 9.59 Å². The van der Waals surface area contributed by atoms with Crippen molar-refractivity contribution in [2.24, 2.45) is 0 Å². The molecule has 0 bridgehead atoms. The number of hydrogen-bond acceptors (Lipinski definition) is 5. The lowest BCUT2D eigenvalue weighted by Gasteiger charge is -2.30. The molecule has 160 valence electrons. The number of carbonyl (C=O) groups excluding carboxylic acids is 2. The molecule has 0 aliphatic carbocycles. The van der Waals surface area contributed by atoms with Crippen LogP contribution in [0.4, 0.5) is 10.5 Å². The second kappa shape index (κ2) is 9.54. The summed E-state index contributed by atoms with van der Waals surface area (Å²) in [4.78, 5) is 28.1. The van der Waals surface area contributed by atoms with E-state index in [1.807, 2.05) is 64.0 Å². The first-order valence-electron chi connectivity index (χ1n) is 9.65. The van der Waals surface area contributed by atoms with Crippen molar-refractivity contribution in [2.45, 2.75) is 58.5 Å². The molecule has 29 heavy (non-hydrogen) atoms. The summed E-state index contributed by atoms with van der Waals surface area (Å²) in [6, 6.07) is 7.27. The van der Waals surface area contributed by atoms with E-state index < -0.39 is 5.60 Å². The van der Waals surface area contributed by atoms with Gasteiger partial charge in [-0.3, -0.25) is 9.69 Å². The first-order chi connectivity index (χ1) is 13.5. The first kappa shape index (κ1) is 23.1. The van der Waals surface area contributed by atoms with Crippen LogP contribution in [0.2, 0.25) is 0 Å². The minimum absolute atomic E-state index is 0.119. The molecule has 1 aliphatic heterocycles. The van der Waals surface area contributed by atoms with Gasteiger partial charge < -0.3 is 19.7 Å². The van der Waals surface area contributed by atoms with Crippen LogP contribution in [-0.4, -0.2) is 65.2 Å². The van der Waals surface area contributed by atoms with Crippen LogP contribution in [0.15, 0.2) is 24.3 Å². The van der Waals surface area contributed by atoms with E-state index in [4.69, 9.17) is 21.7 Å². The van der Waals surface area contributed by atoms with Gasteiger partial charge in [0.2, 0.25) is 5.91 Å². The molecule has 7 nitrogen and oxygen atoms in total. The van der Waals surface area contributed by atoms with E-state index in [1.165, 1.54) is 6.92 Å².